The number of rotatable bonds is 5. The average Bonchev–Trinajstić information content (AvgIpc) is 3.18. The highest BCUT2D eigenvalue weighted by atomic mass is 16.4. The second-order valence-corrected chi connectivity index (χ2v) is 7.86. The number of carboxylic acids is 1. The van der Waals surface area contributed by atoms with Gasteiger partial charge in [-0.3, -0.25) is 14.3 Å². The normalized spacial score (nSPS) is 19.7. The Labute approximate surface area is 159 Å². The van der Waals surface area contributed by atoms with E-state index in [1.165, 1.54) is 0 Å². The summed E-state index contributed by atoms with van der Waals surface area (Å²) in [4.78, 5) is 26.6. The Balaban J connectivity index is 1.86. The van der Waals surface area contributed by atoms with E-state index in [1.54, 1.807) is 16.6 Å². The lowest BCUT2D eigenvalue weighted by Crippen LogP contribution is -2.31. The van der Waals surface area contributed by atoms with Crippen LogP contribution in [-0.2, 0) is 18.3 Å². The lowest BCUT2D eigenvalue weighted by molar-refractivity contribution is -0.141. The van der Waals surface area contributed by atoms with Gasteiger partial charge in [0.15, 0.2) is 0 Å². The molecule has 1 aliphatic rings. The van der Waals surface area contributed by atoms with Crippen molar-refractivity contribution in [2.45, 2.75) is 33.1 Å². The molecule has 1 aliphatic heterocycles. The molecule has 1 aromatic carbocycles. The molecule has 0 bridgehead atoms. The van der Waals surface area contributed by atoms with Crippen LogP contribution in [0.15, 0.2) is 30.3 Å². The molecule has 0 aliphatic carbocycles. The Morgan fingerprint density at radius 1 is 1.26 bits per heavy atom. The molecule has 1 saturated heterocycles. The highest BCUT2D eigenvalue weighted by Gasteiger charge is 2.41. The van der Waals surface area contributed by atoms with Crippen molar-refractivity contribution in [3.8, 4) is 0 Å². The van der Waals surface area contributed by atoms with Gasteiger partial charge < -0.3 is 10.0 Å². The number of hydrogen-bond donors (Lipinski definition) is 1. The SMILES string of the molecule is Cc1ccccc1[C@H]1CN(C(=O)c2cc(CC(C)C)nn2C)C[C@@H]1C(=O)O. The smallest absolute Gasteiger partial charge is 0.308 e. The zero-order valence-corrected chi connectivity index (χ0v) is 16.3. The minimum absolute atomic E-state index is 0.151. The molecule has 6 nitrogen and oxygen atoms in total. The van der Waals surface area contributed by atoms with E-state index in [0.29, 0.717) is 18.2 Å². The van der Waals surface area contributed by atoms with Crippen LogP contribution in [0.4, 0.5) is 0 Å². The molecule has 1 amide bonds. The summed E-state index contributed by atoms with van der Waals surface area (Å²) in [6, 6.07) is 9.65. The van der Waals surface area contributed by atoms with Crippen molar-refractivity contribution in [3.05, 3.63) is 52.8 Å². The average molecular weight is 369 g/mol. The molecule has 1 fully saturated rings. The van der Waals surface area contributed by atoms with Crippen molar-refractivity contribution < 1.29 is 14.7 Å². The monoisotopic (exact) mass is 369 g/mol. The fraction of sp³-hybridized carbons (Fsp3) is 0.476. The number of carbonyl (C=O) groups is 2. The molecule has 0 saturated carbocycles. The van der Waals surface area contributed by atoms with Crippen LogP contribution in [0.3, 0.4) is 0 Å². The third-order valence-corrected chi connectivity index (χ3v) is 5.28. The number of aromatic nitrogens is 2. The van der Waals surface area contributed by atoms with E-state index in [-0.39, 0.29) is 18.4 Å². The fourth-order valence-electron chi connectivity index (χ4n) is 3.94. The van der Waals surface area contributed by atoms with Gasteiger partial charge in [-0.1, -0.05) is 38.1 Å². The third-order valence-electron chi connectivity index (χ3n) is 5.28. The van der Waals surface area contributed by atoms with E-state index in [4.69, 9.17) is 0 Å². The van der Waals surface area contributed by atoms with Gasteiger partial charge in [0.25, 0.3) is 5.91 Å². The maximum Gasteiger partial charge on any atom is 0.308 e. The van der Waals surface area contributed by atoms with Crippen LogP contribution in [0.1, 0.15) is 47.1 Å². The van der Waals surface area contributed by atoms with Crippen LogP contribution >= 0.6 is 0 Å². The number of benzene rings is 1. The molecule has 0 radical (unpaired) electrons. The van der Waals surface area contributed by atoms with Crippen LogP contribution in [-0.4, -0.2) is 44.8 Å². The molecule has 2 aromatic rings. The molecule has 2 atom stereocenters. The molecule has 0 unspecified atom stereocenters. The number of amides is 1. The van der Waals surface area contributed by atoms with Gasteiger partial charge in [0, 0.05) is 26.1 Å². The summed E-state index contributed by atoms with van der Waals surface area (Å²) in [6.45, 7) is 6.84. The Hall–Kier alpha value is -2.63. The number of nitrogens with zero attached hydrogens (tertiary/aromatic N) is 3. The van der Waals surface area contributed by atoms with Crippen molar-refractivity contribution in [3.63, 3.8) is 0 Å². The maximum atomic E-state index is 13.1. The Bertz CT molecular complexity index is 856. The van der Waals surface area contributed by atoms with E-state index in [9.17, 15) is 14.7 Å². The first kappa shape index (κ1) is 19.1. The quantitative estimate of drug-likeness (QED) is 0.879. The van der Waals surface area contributed by atoms with Gasteiger partial charge in [-0.15, -0.1) is 0 Å². The van der Waals surface area contributed by atoms with Gasteiger partial charge in [-0.2, -0.15) is 5.10 Å². The first-order valence-electron chi connectivity index (χ1n) is 9.38. The minimum Gasteiger partial charge on any atom is -0.481 e. The third kappa shape index (κ3) is 3.89. The predicted octanol–water partition coefficient (Wildman–Crippen LogP) is 2.87. The van der Waals surface area contributed by atoms with Gasteiger partial charge in [0.2, 0.25) is 0 Å². The fourth-order valence-corrected chi connectivity index (χ4v) is 3.94. The van der Waals surface area contributed by atoms with Gasteiger partial charge in [-0.05, 0) is 36.5 Å². The van der Waals surface area contributed by atoms with Gasteiger partial charge >= 0.3 is 5.97 Å². The van der Waals surface area contributed by atoms with E-state index in [0.717, 1.165) is 23.2 Å². The molecule has 144 valence electrons. The van der Waals surface area contributed by atoms with E-state index in [1.807, 2.05) is 37.3 Å². The summed E-state index contributed by atoms with van der Waals surface area (Å²) in [5.41, 5.74) is 3.47. The molecule has 3 rings (SSSR count). The molecule has 6 heteroatoms. The minimum atomic E-state index is -0.857. The molecule has 2 heterocycles. The highest BCUT2D eigenvalue weighted by molar-refractivity contribution is 5.93. The van der Waals surface area contributed by atoms with Gasteiger partial charge in [0.05, 0.1) is 11.6 Å². The zero-order chi connectivity index (χ0) is 19.7. The Morgan fingerprint density at radius 2 is 1.96 bits per heavy atom. The van der Waals surface area contributed by atoms with Crippen LogP contribution in [0.2, 0.25) is 0 Å². The van der Waals surface area contributed by atoms with Crippen molar-refractivity contribution in [1.29, 1.82) is 0 Å². The molecule has 27 heavy (non-hydrogen) atoms. The van der Waals surface area contributed by atoms with E-state index in [2.05, 4.69) is 18.9 Å². The first-order valence-corrected chi connectivity index (χ1v) is 9.38. The summed E-state index contributed by atoms with van der Waals surface area (Å²) >= 11 is 0. The zero-order valence-electron chi connectivity index (χ0n) is 16.3. The maximum absolute atomic E-state index is 13.1. The molecule has 1 aromatic heterocycles. The summed E-state index contributed by atoms with van der Waals surface area (Å²) in [5.74, 6) is -1.35. The summed E-state index contributed by atoms with van der Waals surface area (Å²) in [7, 11) is 1.76. The van der Waals surface area contributed by atoms with E-state index < -0.39 is 11.9 Å². The Kier molecular flexibility index (Phi) is 5.35. The molecular weight excluding hydrogens is 342 g/mol. The molecule has 1 N–H and O–H groups in total. The van der Waals surface area contributed by atoms with Crippen molar-refractivity contribution >= 4 is 11.9 Å². The van der Waals surface area contributed by atoms with Crippen LogP contribution in [0.25, 0.3) is 0 Å². The number of aryl methyl sites for hydroxylation is 2. The number of hydrogen-bond acceptors (Lipinski definition) is 3. The second-order valence-electron chi connectivity index (χ2n) is 7.86. The van der Waals surface area contributed by atoms with E-state index >= 15 is 0 Å². The van der Waals surface area contributed by atoms with Crippen LogP contribution in [0, 0.1) is 18.8 Å². The second kappa shape index (κ2) is 7.55. The van der Waals surface area contributed by atoms with Gasteiger partial charge in [0.1, 0.15) is 5.69 Å². The predicted molar refractivity (Wildman–Crippen MR) is 103 cm³/mol. The van der Waals surface area contributed by atoms with Crippen molar-refractivity contribution in [2.75, 3.05) is 13.1 Å². The first-order chi connectivity index (χ1) is 12.8. The number of likely N-dealkylation sites (tertiary alicyclic amines) is 1. The van der Waals surface area contributed by atoms with Crippen molar-refractivity contribution in [2.24, 2.45) is 18.9 Å². The largest absolute Gasteiger partial charge is 0.481 e. The molecular formula is C21H27N3O3. The molecule has 0 spiro atoms. The summed E-state index contributed by atoms with van der Waals surface area (Å²) < 4.78 is 1.61. The highest BCUT2D eigenvalue weighted by Crippen LogP contribution is 2.35. The lowest BCUT2D eigenvalue weighted by atomic mass is 9.86. The number of carbonyl (C=O) groups excluding carboxylic acids is 1. The van der Waals surface area contributed by atoms with Gasteiger partial charge in [-0.25, -0.2) is 0 Å². The van der Waals surface area contributed by atoms with Crippen molar-refractivity contribution in [1.82, 2.24) is 14.7 Å². The van der Waals surface area contributed by atoms with Crippen LogP contribution in [0.5, 0.6) is 0 Å². The van der Waals surface area contributed by atoms with Crippen LogP contribution < -0.4 is 0 Å². The summed E-state index contributed by atoms with van der Waals surface area (Å²) in [6.07, 6.45) is 0.810. The summed E-state index contributed by atoms with van der Waals surface area (Å²) in [5, 5.41) is 14.1. The topological polar surface area (TPSA) is 75.4 Å². The number of aliphatic carboxylic acids is 1. The number of carboxylic acid groups (broad SMARTS) is 1. The lowest BCUT2D eigenvalue weighted by Gasteiger charge is -2.18. The standard InChI is InChI=1S/C21H27N3O3/c1-13(2)9-15-10-19(23(4)22-15)20(25)24-11-17(18(12-24)21(26)27)16-8-6-5-7-14(16)3/h5-8,10,13,17-18H,9,11-12H2,1-4H3,(H,26,27)/t17-,18+/m1/s1. The Morgan fingerprint density at radius 3 is 2.59 bits per heavy atom.